The van der Waals surface area contributed by atoms with E-state index in [4.69, 9.17) is 4.98 Å². The fraction of sp³-hybridized carbons (Fsp3) is 0.172. The number of rotatable bonds is 5. The van der Waals surface area contributed by atoms with Crippen LogP contribution >= 0.6 is 0 Å². The van der Waals surface area contributed by atoms with Crippen LogP contribution in [0, 0.1) is 5.82 Å². The van der Waals surface area contributed by atoms with E-state index in [2.05, 4.69) is 52.3 Å². The molecule has 5 aromatic heterocycles. The Labute approximate surface area is 233 Å². The number of fused-ring (bicyclic) bond motifs is 2. The van der Waals surface area contributed by atoms with E-state index >= 15 is 4.39 Å². The second-order valence-corrected chi connectivity index (χ2v) is 9.99. The number of halogens is 1. The summed E-state index contributed by atoms with van der Waals surface area (Å²) in [5.41, 5.74) is 4.62. The van der Waals surface area contributed by atoms with Crippen molar-refractivity contribution in [3.63, 3.8) is 0 Å². The summed E-state index contributed by atoms with van der Waals surface area (Å²) in [4.78, 5) is 38.2. The lowest BCUT2D eigenvalue weighted by molar-refractivity contribution is 0.102. The van der Waals surface area contributed by atoms with Crippen molar-refractivity contribution in [2.45, 2.75) is 0 Å². The average Bonchev–Trinajstić information content (AvgIpc) is 3.63. The van der Waals surface area contributed by atoms with Gasteiger partial charge in [-0.3, -0.25) is 24.8 Å². The van der Waals surface area contributed by atoms with Gasteiger partial charge in [0, 0.05) is 43.5 Å². The van der Waals surface area contributed by atoms with Crippen molar-refractivity contribution >= 4 is 39.2 Å². The van der Waals surface area contributed by atoms with Crippen molar-refractivity contribution in [1.29, 1.82) is 0 Å². The fourth-order valence-electron chi connectivity index (χ4n) is 5.09. The Morgan fingerprint density at radius 1 is 0.951 bits per heavy atom. The Balaban J connectivity index is 1.25. The van der Waals surface area contributed by atoms with E-state index in [0.29, 0.717) is 33.8 Å². The molecule has 1 amide bonds. The number of hydrogen-bond acceptors (Lipinski definition) is 8. The Morgan fingerprint density at radius 2 is 1.76 bits per heavy atom. The standard InChI is InChI=1S/C29H25FN10O/c1-39-7-9-40(10-8-39)22-16-32-14-21-26(22)36-28(35-21)27-23-20(37-38-27)15-33-25(24(23)30)18-11-19(13-31-12-18)34-29(41)17-5-3-2-4-6-17/h2-6,11-16H,7-10H2,1H3,(H,34,41)(H,35,36)(H,37,38). The normalized spacial score (nSPS) is 14.1. The van der Waals surface area contributed by atoms with E-state index in [1.165, 1.54) is 18.6 Å². The van der Waals surface area contributed by atoms with Gasteiger partial charge in [-0.15, -0.1) is 0 Å². The van der Waals surface area contributed by atoms with Gasteiger partial charge in [0.15, 0.2) is 11.6 Å². The van der Waals surface area contributed by atoms with Gasteiger partial charge in [-0.05, 0) is 25.2 Å². The third-order valence-electron chi connectivity index (χ3n) is 7.29. The molecule has 0 saturated carbocycles. The van der Waals surface area contributed by atoms with E-state index in [0.717, 1.165) is 42.9 Å². The Hall–Kier alpha value is -5.23. The Bertz CT molecular complexity index is 1890. The predicted molar refractivity (Wildman–Crippen MR) is 154 cm³/mol. The van der Waals surface area contributed by atoms with Gasteiger partial charge in [-0.2, -0.15) is 5.10 Å². The third kappa shape index (κ3) is 4.53. The number of imidazole rings is 1. The van der Waals surface area contributed by atoms with Crippen molar-refractivity contribution in [3.05, 3.63) is 78.8 Å². The van der Waals surface area contributed by atoms with Crippen LogP contribution < -0.4 is 10.2 Å². The molecule has 6 heterocycles. The molecule has 0 spiro atoms. The number of carbonyl (C=O) groups is 1. The minimum absolute atomic E-state index is 0.0827. The summed E-state index contributed by atoms with van der Waals surface area (Å²) in [6, 6.07) is 10.5. The van der Waals surface area contributed by atoms with Gasteiger partial charge >= 0.3 is 0 Å². The Morgan fingerprint density at radius 3 is 2.59 bits per heavy atom. The molecule has 0 radical (unpaired) electrons. The monoisotopic (exact) mass is 548 g/mol. The number of likely N-dealkylation sites (N-methyl/N-ethyl adjacent to an activating group) is 1. The third-order valence-corrected chi connectivity index (χ3v) is 7.29. The predicted octanol–water partition coefficient (Wildman–Crippen LogP) is 4.10. The second-order valence-electron chi connectivity index (χ2n) is 9.99. The van der Waals surface area contributed by atoms with Crippen LogP contribution in [0.2, 0.25) is 0 Å². The first-order valence-electron chi connectivity index (χ1n) is 13.2. The number of benzene rings is 1. The second kappa shape index (κ2) is 10.1. The highest BCUT2D eigenvalue weighted by Crippen LogP contribution is 2.34. The first kappa shape index (κ1) is 24.8. The van der Waals surface area contributed by atoms with Crippen LogP contribution in [0.15, 0.2) is 67.4 Å². The molecule has 204 valence electrons. The first-order chi connectivity index (χ1) is 20.0. The molecular formula is C29H25FN10O. The SMILES string of the molecule is CN1CCN(c2cncc3[nH]c(-c4n[nH]c5cnc(-c6cncc(NC(=O)c7ccccc7)c6)c(F)c45)nc23)CC1. The maximum atomic E-state index is 16.2. The summed E-state index contributed by atoms with van der Waals surface area (Å²) < 4.78 is 16.2. The molecule has 0 atom stereocenters. The molecule has 6 aromatic rings. The Kier molecular flexibility index (Phi) is 6.08. The molecule has 7 rings (SSSR count). The minimum Gasteiger partial charge on any atom is -0.366 e. The number of hydrogen-bond donors (Lipinski definition) is 3. The van der Waals surface area contributed by atoms with Crippen molar-refractivity contribution in [1.82, 2.24) is 40.0 Å². The average molecular weight is 549 g/mol. The van der Waals surface area contributed by atoms with Gasteiger partial charge in [-0.25, -0.2) is 9.37 Å². The van der Waals surface area contributed by atoms with Crippen molar-refractivity contribution in [3.8, 4) is 22.8 Å². The molecule has 12 heteroatoms. The maximum Gasteiger partial charge on any atom is 0.255 e. The lowest BCUT2D eigenvalue weighted by Gasteiger charge is -2.33. The van der Waals surface area contributed by atoms with Gasteiger partial charge < -0.3 is 20.1 Å². The van der Waals surface area contributed by atoms with E-state index in [1.54, 1.807) is 36.5 Å². The topological polar surface area (TPSA) is 132 Å². The molecule has 1 aliphatic rings. The molecule has 41 heavy (non-hydrogen) atoms. The molecule has 0 bridgehead atoms. The highest BCUT2D eigenvalue weighted by molar-refractivity contribution is 6.04. The zero-order valence-electron chi connectivity index (χ0n) is 22.1. The molecule has 0 unspecified atom stereocenters. The largest absolute Gasteiger partial charge is 0.366 e. The fourth-order valence-corrected chi connectivity index (χ4v) is 5.09. The maximum absolute atomic E-state index is 16.2. The summed E-state index contributed by atoms with van der Waals surface area (Å²) in [7, 11) is 2.11. The van der Waals surface area contributed by atoms with E-state index < -0.39 is 5.82 Å². The number of nitrogens with zero attached hydrogens (tertiary/aromatic N) is 7. The van der Waals surface area contributed by atoms with Crippen LogP contribution in [0.5, 0.6) is 0 Å². The number of nitrogens with one attached hydrogen (secondary N) is 3. The summed E-state index contributed by atoms with van der Waals surface area (Å²) in [6.45, 7) is 3.63. The van der Waals surface area contributed by atoms with Crippen LogP contribution in [0.25, 0.3) is 44.7 Å². The van der Waals surface area contributed by atoms with Gasteiger partial charge in [0.05, 0.1) is 52.6 Å². The van der Waals surface area contributed by atoms with Crippen LogP contribution in [0.3, 0.4) is 0 Å². The van der Waals surface area contributed by atoms with E-state index in [1.807, 2.05) is 12.3 Å². The number of aromatic nitrogens is 7. The van der Waals surface area contributed by atoms with Crippen molar-refractivity contribution < 1.29 is 9.18 Å². The molecule has 11 nitrogen and oxygen atoms in total. The summed E-state index contributed by atoms with van der Waals surface area (Å²) in [5, 5.41) is 10.3. The smallest absolute Gasteiger partial charge is 0.255 e. The van der Waals surface area contributed by atoms with E-state index in [9.17, 15) is 4.79 Å². The van der Waals surface area contributed by atoms with Gasteiger partial charge in [0.2, 0.25) is 0 Å². The van der Waals surface area contributed by atoms with Gasteiger partial charge in [-0.1, -0.05) is 18.2 Å². The molecule has 1 fully saturated rings. The molecular weight excluding hydrogens is 523 g/mol. The zero-order valence-corrected chi connectivity index (χ0v) is 22.1. The number of anilines is 2. The van der Waals surface area contributed by atoms with Crippen molar-refractivity contribution in [2.24, 2.45) is 0 Å². The van der Waals surface area contributed by atoms with Crippen LogP contribution in [-0.2, 0) is 0 Å². The summed E-state index contributed by atoms with van der Waals surface area (Å²) in [5.74, 6) is -0.439. The highest BCUT2D eigenvalue weighted by Gasteiger charge is 2.23. The number of piperazine rings is 1. The summed E-state index contributed by atoms with van der Waals surface area (Å²) in [6.07, 6.45) is 8.07. The van der Waals surface area contributed by atoms with Gasteiger partial charge in [0.1, 0.15) is 16.9 Å². The number of aromatic amines is 2. The number of carbonyl (C=O) groups excluding carboxylic acids is 1. The lowest BCUT2D eigenvalue weighted by atomic mass is 10.1. The van der Waals surface area contributed by atoms with E-state index in [-0.39, 0.29) is 17.0 Å². The zero-order chi connectivity index (χ0) is 27.9. The lowest BCUT2D eigenvalue weighted by Crippen LogP contribution is -2.44. The van der Waals surface area contributed by atoms with Crippen LogP contribution in [-0.4, -0.2) is 79.2 Å². The first-order valence-corrected chi connectivity index (χ1v) is 13.2. The van der Waals surface area contributed by atoms with Gasteiger partial charge in [0.25, 0.3) is 5.91 Å². The number of pyridine rings is 3. The van der Waals surface area contributed by atoms with Crippen LogP contribution in [0.1, 0.15) is 10.4 Å². The molecule has 1 aliphatic heterocycles. The van der Waals surface area contributed by atoms with Crippen molar-refractivity contribution in [2.75, 3.05) is 43.4 Å². The quantitative estimate of drug-likeness (QED) is 0.293. The minimum atomic E-state index is -0.572. The molecule has 1 saturated heterocycles. The number of amides is 1. The summed E-state index contributed by atoms with van der Waals surface area (Å²) >= 11 is 0. The molecule has 1 aromatic carbocycles. The van der Waals surface area contributed by atoms with Crippen LogP contribution in [0.4, 0.5) is 15.8 Å². The highest BCUT2D eigenvalue weighted by atomic mass is 19.1. The molecule has 0 aliphatic carbocycles. The number of H-pyrrole nitrogens is 2. The molecule has 3 N–H and O–H groups in total.